The molecule has 6 heteroatoms. The molecule has 3 rings (SSSR count). The van der Waals surface area contributed by atoms with Gasteiger partial charge in [-0.2, -0.15) is 0 Å². The van der Waals surface area contributed by atoms with Gasteiger partial charge in [-0.05, 0) is 6.07 Å². The Morgan fingerprint density at radius 3 is 3.00 bits per heavy atom. The second-order valence-corrected chi connectivity index (χ2v) is 5.18. The first-order valence-corrected chi connectivity index (χ1v) is 6.71. The number of benzene rings is 1. The molecule has 0 aliphatic heterocycles. The zero-order valence-electron chi connectivity index (χ0n) is 10.6. The lowest BCUT2D eigenvalue weighted by atomic mass is 10.2. The van der Waals surface area contributed by atoms with E-state index in [1.165, 1.54) is 7.11 Å². The molecule has 5 nitrogen and oxygen atoms in total. The van der Waals surface area contributed by atoms with Crippen molar-refractivity contribution in [2.75, 3.05) is 7.11 Å². The summed E-state index contributed by atoms with van der Waals surface area (Å²) in [5.41, 5.74) is 1.99. The van der Waals surface area contributed by atoms with E-state index in [1.807, 2.05) is 24.3 Å². The molecular weight excluding hydrogens is 278 g/mol. The number of para-hydroxylation sites is 1. The smallest absolute Gasteiger partial charge is 0.347 e. The number of furan rings is 1. The summed E-state index contributed by atoms with van der Waals surface area (Å²) in [6.07, 6.45) is 1.60. The standard InChI is InChI=1S/C14H11NO4S/c1-18-7-10-12(14(16)17)20-13(15-10)9-6-19-11-5-3-2-4-8(9)11/h2-6H,7H2,1H3,(H,16,17). The number of ether oxygens (including phenoxy) is 1. The van der Waals surface area contributed by atoms with E-state index in [4.69, 9.17) is 9.15 Å². The van der Waals surface area contributed by atoms with Crippen molar-refractivity contribution >= 4 is 28.3 Å². The van der Waals surface area contributed by atoms with Crippen LogP contribution in [0.25, 0.3) is 21.5 Å². The number of aromatic nitrogens is 1. The van der Waals surface area contributed by atoms with Crippen LogP contribution in [0, 0.1) is 0 Å². The Hall–Kier alpha value is -2.18. The number of methoxy groups -OCH3 is 1. The van der Waals surface area contributed by atoms with E-state index in [9.17, 15) is 9.90 Å². The molecule has 0 saturated heterocycles. The summed E-state index contributed by atoms with van der Waals surface area (Å²) < 4.78 is 10.5. The number of fused-ring (bicyclic) bond motifs is 1. The molecule has 0 aliphatic rings. The number of carbonyl (C=O) groups is 1. The molecule has 0 atom stereocenters. The van der Waals surface area contributed by atoms with Crippen LogP contribution in [0.3, 0.4) is 0 Å². The van der Waals surface area contributed by atoms with Gasteiger partial charge in [0.25, 0.3) is 0 Å². The molecule has 2 aromatic heterocycles. The highest BCUT2D eigenvalue weighted by atomic mass is 32.1. The van der Waals surface area contributed by atoms with E-state index in [1.54, 1.807) is 6.26 Å². The van der Waals surface area contributed by atoms with E-state index in [0.29, 0.717) is 10.7 Å². The fourth-order valence-electron chi connectivity index (χ4n) is 2.01. The Morgan fingerprint density at radius 2 is 2.25 bits per heavy atom. The van der Waals surface area contributed by atoms with Gasteiger partial charge in [0.2, 0.25) is 0 Å². The van der Waals surface area contributed by atoms with E-state index in [-0.39, 0.29) is 11.5 Å². The third-order valence-corrected chi connectivity index (χ3v) is 4.00. The zero-order chi connectivity index (χ0) is 14.1. The molecule has 0 amide bonds. The first kappa shape index (κ1) is 12.8. The summed E-state index contributed by atoms with van der Waals surface area (Å²) in [5, 5.41) is 10.8. The van der Waals surface area contributed by atoms with Crippen molar-refractivity contribution in [3.05, 3.63) is 41.1 Å². The van der Waals surface area contributed by atoms with Gasteiger partial charge in [0.05, 0.1) is 17.9 Å². The quantitative estimate of drug-likeness (QED) is 0.797. The molecule has 20 heavy (non-hydrogen) atoms. The largest absolute Gasteiger partial charge is 0.477 e. The van der Waals surface area contributed by atoms with Crippen molar-refractivity contribution in [3.63, 3.8) is 0 Å². The van der Waals surface area contributed by atoms with Crippen LogP contribution in [0.1, 0.15) is 15.4 Å². The molecule has 2 heterocycles. The minimum absolute atomic E-state index is 0.175. The van der Waals surface area contributed by atoms with E-state index in [0.717, 1.165) is 27.9 Å². The number of thiazole rings is 1. The summed E-state index contributed by atoms with van der Waals surface area (Å²) in [6.45, 7) is 0.175. The average molecular weight is 289 g/mol. The van der Waals surface area contributed by atoms with Crippen LogP contribution in [0.15, 0.2) is 34.9 Å². The van der Waals surface area contributed by atoms with Gasteiger partial charge in [0, 0.05) is 12.5 Å². The normalized spacial score (nSPS) is 11.1. The van der Waals surface area contributed by atoms with Crippen LogP contribution in [0.2, 0.25) is 0 Å². The Kier molecular flexibility index (Phi) is 3.25. The molecule has 0 saturated carbocycles. The Balaban J connectivity index is 2.14. The lowest BCUT2D eigenvalue weighted by molar-refractivity contribution is 0.0697. The number of hydrogen-bond acceptors (Lipinski definition) is 5. The SMILES string of the molecule is COCc1nc(-c2coc3ccccc23)sc1C(=O)O. The molecule has 0 radical (unpaired) electrons. The van der Waals surface area contributed by atoms with Crippen molar-refractivity contribution in [1.29, 1.82) is 0 Å². The molecule has 0 unspecified atom stereocenters. The van der Waals surface area contributed by atoms with Crippen molar-refractivity contribution in [2.24, 2.45) is 0 Å². The fourth-order valence-corrected chi connectivity index (χ4v) is 2.94. The molecular formula is C14H11NO4S. The topological polar surface area (TPSA) is 72.6 Å². The highest BCUT2D eigenvalue weighted by Crippen LogP contribution is 2.34. The summed E-state index contributed by atoms with van der Waals surface area (Å²) >= 11 is 1.13. The number of carboxylic acid groups (broad SMARTS) is 1. The molecule has 0 bridgehead atoms. The van der Waals surface area contributed by atoms with Gasteiger partial charge in [-0.3, -0.25) is 0 Å². The molecule has 1 N–H and O–H groups in total. The summed E-state index contributed by atoms with van der Waals surface area (Å²) in [7, 11) is 1.51. The monoisotopic (exact) mass is 289 g/mol. The third-order valence-electron chi connectivity index (χ3n) is 2.88. The Bertz CT molecular complexity index is 774. The minimum Gasteiger partial charge on any atom is -0.477 e. The van der Waals surface area contributed by atoms with Crippen molar-refractivity contribution < 1.29 is 19.1 Å². The average Bonchev–Trinajstić information content (AvgIpc) is 3.02. The van der Waals surface area contributed by atoms with Crippen LogP contribution in [0.4, 0.5) is 0 Å². The van der Waals surface area contributed by atoms with Crippen LogP contribution < -0.4 is 0 Å². The molecule has 0 fully saturated rings. The van der Waals surface area contributed by atoms with Crippen molar-refractivity contribution in [3.8, 4) is 10.6 Å². The van der Waals surface area contributed by atoms with E-state index in [2.05, 4.69) is 4.98 Å². The van der Waals surface area contributed by atoms with Gasteiger partial charge >= 0.3 is 5.97 Å². The molecule has 3 aromatic rings. The third kappa shape index (κ3) is 2.09. The maximum absolute atomic E-state index is 11.2. The van der Waals surface area contributed by atoms with Crippen LogP contribution in [-0.2, 0) is 11.3 Å². The Labute approximate surface area is 118 Å². The molecule has 0 aliphatic carbocycles. The summed E-state index contributed by atoms with van der Waals surface area (Å²) in [5.74, 6) is -0.992. The van der Waals surface area contributed by atoms with Gasteiger partial charge in [0.1, 0.15) is 21.7 Å². The van der Waals surface area contributed by atoms with Gasteiger partial charge in [-0.25, -0.2) is 9.78 Å². The lowest BCUT2D eigenvalue weighted by Crippen LogP contribution is -1.99. The number of aromatic carboxylic acids is 1. The van der Waals surface area contributed by atoms with Gasteiger partial charge in [-0.1, -0.05) is 18.2 Å². The first-order valence-electron chi connectivity index (χ1n) is 5.89. The first-order chi connectivity index (χ1) is 9.70. The van der Waals surface area contributed by atoms with Crippen LogP contribution in [0.5, 0.6) is 0 Å². The minimum atomic E-state index is -0.992. The maximum atomic E-state index is 11.2. The predicted molar refractivity (Wildman–Crippen MR) is 75.0 cm³/mol. The maximum Gasteiger partial charge on any atom is 0.347 e. The highest BCUT2D eigenvalue weighted by Gasteiger charge is 2.20. The number of carboxylic acids is 1. The fraction of sp³-hybridized carbons (Fsp3) is 0.143. The zero-order valence-corrected chi connectivity index (χ0v) is 11.4. The number of rotatable bonds is 4. The number of nitrogens with zero attached hydrogens (tertiary/aromatic N) is 1. The molecule has 102 valence electrons. The highest BCUT2D eigenvalue weighted by molar-refractivity contribution is 7.17. The number of hydrogen-bond donors (Lipinski definition) is 1. The van der Waals surface area contributed by atoms with Crippen LogP contribution >= 0.6 is 11.3 Å². The predicted octanol–water partition coefficient (Wildman–Crippen LogP) is 3.40. The van der Waals surface area contributed by atoms with Crippen LogP contribution in [-0.4, -0.2) is 23.2 Å². The van der Waals surface area contributed by atoms with Gasteiger partial charge < -0.3 is 14.3 Å². The second-order valence-electron chi connectivity index (χ2n) is 4.18. The lowest BCUT2D eigenvalue weighted by Gasteiger charge is -1.94. The van der Waals surface area contributed by atoms with Crippen molar-refractivity contribution in [2.45, 2.75) is 6.61 Å². The summed E-state index contributed by atoms with van der Waals surface area (Å²) in [6, 6.07) is 7.58. The molecule has 0 spiro atoms. The van der Waals surface area contributed by atoms with Gasteiger partial charge in [0.15, 0.2) is 0 Å². The van der Waals surface area contributed by atoms with E-state index < -0.39 is 5.97 Å². The summed E-state index contributed by atoms with van der Waals surface area (Å²) in [4.78, 5) is 15.8. The van der Waals surface area contributed by atoms with Crippen molar-refractivity contribution in [1.82, 2.24) is 4.98 Å². The second kappa shape index (κ2) is 5.07. The Morgan fingerprint density at radius 1 is 1.45 bits per heavy atom. The molecule has 1 aromatic carbocycles. The van der Waals surface area contributed by atoms with Gasteiger partial charge in [-0.15, -0.1) is 11.3 Å². The van der Waals surface area contributed by atoms with E-state index >= 15 is 0 Å².